The molecule has 2 unspecified atom stereocenters. The van der Waals surface area contributed by atoms with Gasteiger partial charge in [0.25, 0.3) is 0 Å². The highest BCUT2D eigenvalue weighted by Gasteiger charge is 2.43. The molecule has 1 N–H and O–H groups in total. The lowest BCUT2D eigenvalue weighted by Crippen LogP contribution is -2.65. The van der Waals surface area contributed by atoms with Crippen LogP contribution in [0.25, 0.3) is 10.8 Å². The van der Waals surface area contributed by atoms with Gasteiger partial charge in [0.05, 0.1) is 4.90 Å². The van der Waals surface area contributed by atoms with Crippen molar-refractivity contribution in [2.45, 2.75) is 44.3 Å². The number of carbonyl (C=O) groups excluding carboxylic acids is 2. The highest BCUT2D eigenvalue weighted by molar-refractivity contribution is 7.89. The van der Waals surface area contributed by atoms with Crippen molar-refractivity contribution in [1.82, 2.24) is 14.5 Å². The second-order valence-electron chi connectivity index (χ2n) is 9.30. The lowest BCUT2D eigenvalue weighted by molar-refractivity contribution is -0.148. The zero-order chi connectivity index (χ0) is 25.2. The van der Waals surface area contributed by atoms with Crippen molar-refractivity contribution in [3.63, 3.8) is 0 Å². The van der Waals surface area contributed by atoms with E-state index in [-0.39, 0.29) is 42.3 Å². The molecule has 3 aromatic rings. The summed E-state index contributed by atoms with van der Waals surface area (Å²) in [5.74, 6) is -0.849. The van der Waals surface area contributed by atoms with Crippen LogP contribution in [0, 0.1) is 5.92 Å². The van der Waals surface area contributed by atoms with Gasteiger partial charge in [-0.3, -0.25) is 9.59 Å². The van der Waals surface area contributed by atoms with Gasteiger partial charge in [-0.15, -0.1) is 0 Å². The van der Waals surface area contributed by atoms with E-state index in [0.717, 1.165) is 16.3 Å². The molecule has 35 heavy (non-hydrogen) atoms. The predicted octanol–water partition coefficient (Wildman–Crippen LogP) is 3.40. The molecule has 1 aliphatic rings. The molecule has 2 amide bonds. The second kappa shape index (κ2) is 10.2. The van der Waals surface area contributed by atoms with E-state index >= 15 is 0 Å². The van der Waals surface area contributed by atoms with Crippen LogP contribution in [0.2, 0.25) is 0 Å². The fourth-order valence-corrected chi connectivity index (χ4v) is 6.07. The van der Waals surface area contributed by atoms with Crippen LogP contribution >= 0.6 is 0 Å². The molecule has 1 heterocycles. The van der Waals surface area contributed by atoms with E-state index in [9.17, 15) is 18.0 Å². The number of amides is 2. The van der Waals surface area contributed by atoms with Crippen molar-refractivity contribution < 1.29 is 18.0 Å². The Bertz CT molecular complexity index is 1320. The fourth-order valence-electron chi connectivity index (χ4n) is 4.52. The van der Waals surface area contributed by atoms with Gasteiger partial charge in [-0.2, -0.15) is 4.31 Å². The van der Waals surface area contributed by atoms with Gasteiger partial charge >= 0.3 is 0 Å². The molecular formula is C27H31N3O4S. The average molecular weight is 494 g/mol. The number of nitrogens with one attached hydrogen (secondary N) is 1. The van der Waals surface area contributed by atoms with E-state index in [1.165, 1.54) is 4.31 Å². The van der Waals surface area contributed by atoms with Crippen LogP contribution in [0.15, 0.2) is 77.7 Å². The van der Waals surface area contributed by atoms with E-state index in [4.69, 9.17) is 0 Å². The van der Waals surface area contributed by atoms with Crippen molar-refractivity contribution in [2.75, 3.05) is 13.1 Å². The Balaban J connectivity index is 1.58. The van der Waals surface area contributed by atoms with Gasteiger partial charge in [-0.05, 0) is 41.5 Å². The molecule has 184 valence electrons. The first-order chi connectivity index (χ1) is 16.7. The molecule has 8 heteroatoms. The van der Waals surface area contributed by atoms with Gasteiger partial charge in [-0.25, -0.2) is 8.42 Å². The third kappa shape index (κ3) is 5.23. The van der Waals surface area contributed by atoms with Crippen LogP contribution in [0.5, 0.6) is 0 Å². The molecule has 3 aromatic carbocycles. The molecule has 0 aromatic heterocycles. The maximum atomic E-state index is 13.4. The fraction of sp³-hybridized carbons (Fsp3) is 0.333. The Hall–Kier alpha value is -3.23. The molecule has 1 fully saturated rings. The number of carbonyl (C=O) groups is 2. The molecule has 2 atom stereocenters. The topological polar surface area (TPSA) is 86.8 Å². The summed E-state index contributed by atoms with van der Waals surface area (Å²) in [7, 11) is -3.81. The molecule has 1 aliphatic heterocycles. The van der Waals surface area contributed by atoms with Crippen molar-refractivity contribution >= 4 is 32.6 Å². The summed E-state index contributed by atoms with van der Waals surface area (Å²) in [5, 5.41) is 5.12. The number of sulfonamides is 1. The Kier molecular flexibility index (Phi) is 7.23. The quantitative estimate of drug-likeness (QED) is 0.570. The second-order valence-corrected chi connectivity index (χ2v) is 11.2. The summed E-state index contributed by atoms with van der Waals surface area (Å²) in [4.78, 5) is 28.2. The SMILES string of the molecule is CC(C)C(=O)N1C(C)CN(S(=O)(=O)c2ccccc2)CC1C(=O)NCc1ccc2ccccc2c1. The minimum Gasteiger partial charge on any atom is -0.350 e. The summed E-state index contributed by atoms with van der Waals surface area (Å²) < 4.78 is 27.9. The van der Waals surface area contributed by atoms with Gasteiger partial charge < -0.3 is 10.2 Å². The van der Waals surface area contributed by atoms with Crippen molar-refractivity contribution in [1.29, 1.82) is 0 Å². The van der Waals surface area contributed by atoms with Crippen LogP contribution in [0.1, 0.15) is 26.3 Å². The number of rotatable bonds is 6. The Labute approximate surface area is 206 Å². The van der Waals surface area contributed by atoms with Crippen LogP contribution in [-0.4, -0.2) is 54.6 Å². The first kappa shape index (κ1) is 24.9. The van der Waals surface area contributed by atoms with Crippen LogP contribution in [-0.2, 0) is 26.2 Å². The maximum Gasteiger partial charge on any atom is 0.244 e. The highest BCUT2D eigenvalue weighted by atomic mass is 32.2. The normalized spacial score (nSPS) is 19.1. The first-order valence-electron chi connectivity index (χ1n) is 11.8. The zero-order valence-electron chi connectivity index (χ0n) is 20.2. The number of hydrogen-bond donors (Lipinski definition) is 1. The van der Waals surface area contributed by atoms with Gasteiger partial charge in [0.2, 0.25) is 21.8 Å². The maximum absolute atomic E-state index is 13.4. The number of hydrogen-bond acceptors (Lipinski definition) is 4. The van der Waals surface area contributed by atoms with E-state index in [1.807, 2.05) is 42.5 Å². The molecule has 0 radical (unpaired) electrons. The Morgan fingerprint density at radius 2 is 1.60 bits per heavy atom. The third-order valence-electron chi connectivity index (χ3n) is 6.37. The molecule has 4 rings (SSSR count). The highest BCUT2D eigenvalue weighted by Crippen LogP contribution is 2.25. The van der Waals surface area contributed by atoms with Gasteiger partial charge in [0, 0.05) is 31.6 Å². The average Bonchev–Trinajstić information content (AvgIpc) is 2.86. The number of benzene rings is 3. The number of nitrogens with zero attached hydrogens (tertiary/aromatic N) is 2. The molecule has 7 nitrogen and oxygen atoms in total. The number of fused-ring (bicyclic) bond motifs is 1. The standard InChI is InChI=1S/C27H31N3O4S/c1-19(2)27(32)30-20(3)17-29(35(33,34)24-11-5-4-6-12-24)18-25(30)26(31)28-16-21-13-14-22-9-7-8-10-23(22)15-21/h4-15,19-20,25H,16-18H2,1-3H3,(H,28,31). The van der Waals surface area contributed by atoms with E-state index in [2.05, 4.69) is 5.32 Å². The van der Waals surface area contributed by atoms with E-state index in [1.54, 1.807) is 56.0 Å². The largest absolute Gasteiger partial charge is 0.350 e. The predicted molar refractivity (Wildman–Crippen MR) is 136 cm³/mol. The molecule has 0 bridgehead atoms. The summed E-state index contributed by atoms with van der Waals surface area (Å²) in [6.45, 7) is 5.67. The summed E-state index contributed by atoms with van der Waals surface area (Å²) in [6.07, 6.45) is 0. The van der Waals surface area contributed by atoms with Crippen LogP contribution in [0.4, 0.5) is 0 Å². The minimum atomic E-state index is -3.81. The molecule has 0 aliphatic carbocycles. The van der Waals surface area contributed by atoms with Crippen LogP contribution in [0.3, 0.4) is 0 Å². The van der Waals surface area contributed by atoms with Crippen LogP contribution < -0.4 is 5.32 Å². The van der Waals surface area contributed by atoms with Gasteiger partial charge in [0.1, 0.15) is 6.04 Å². The third-order valence-corrected chi connectivity index (χ3v) is 8.21. The van der Waals surface area contributed by atoms with Crippen molar-refractivity contribution in [3.05, 3.63) is 78.4 Å². The lowest BCUT2D eigenvalue weighted by atomic mass is 10.0. The van der Waals surface area contributed by atoms with Gasteiger partial charge in [-0.1, -0.05) is 68.4 Å². The Morgan fingerprint density at radius 3 is 2.29 bits per heavy atom. The molecule has 0 spiro atoms. The summed E-state index contributed by atoms with van der Waals surface area (Å²) in [5.41, 5.74) is 0.927. The lowest BCUT2D eigenvalue weighted by Gasteiger charge is -2.44. The minimum absolute atomic E-state index is 0.0937. The molecule has 0 saturated carbocycles. The van der Waals surface area contributed by atoms with Crippen molar-refractivity contribution in [2.24, 2.45) is 5.92 Å². The number of piperazine rings is 1. The summed E-state index contributed by atoms with van der Waals surface area (Å²) >= 11 is 0. The zero-order valence-corrected chi connectivity index (χ0v) is 21.0. The first-order valence-corrected chi connectivity index (χ1v) is 13.2. The summed E-state index contributed by atoms with van der Waals surface area (Å²) in [6, 6.07) is 20.8. The van der Waals surface area contributed by atoms with E-state index in [0.29, 0.717) is 0 Å². The van der Waals surface area contributed by atoms with E-state index < -0.39 is 22.1 Å². The monoisotopic (exact) mass is 493 g/mol. The molecular weight excluding hydrogens is 462 g/mol. The smallest absolute Gasteiger partial charge is 0.244 e. The Morgan fingerprint density at radius 1 is 0.943 bits per heavy atom. The van der Waals surface area contributed by atoms with Crippen molar-refractivity contribution in [3.8, 4) is 0 Å². The van der Waals surface area contributed by atoms with Gasteiger partial charge in [0.15, 0.2) is 0 Å². The molecule has 1 saturated heterocycles.